The van der Waals surface area contributed by atoms with E-state index in [1.807, 2.05) is 0 Å². The molecule has 0 saturated heterocycles. The molecule has 3 nitrogen and oxygen atoms in total. The zero-order valence-electron chi connectivity index (χ0n) is 9.17. The monoisotopic (exact) mass is 290 g/mol. The lowest BCUT2D eigenvalue weighted by atomic mass is 10.1. The molecular formula is C11H16BrFN2O. The fraction of sp³-hybridized carbons (Fsp3) is 0.455. The normalized spacial score (nSPS) is 12.8. The average molecular weight is 291 g/mol. The van der Waals surface area contributed by atoms with Gasteiger partial charge in [-0.25, -0.2) is 4.39 Å². The van der Waals surface area contributed by atoms with Gasteiger partial charge in [0.25, 0.3) is 0 Å². The van der Waals surface area contributed by atoms with E-state index in [9.17, 15) is 4.39 Å². The molecule has 90 valence electrons. The molecule has 1 aromatic carbocycles. The summed E-state index contributed by atoms with van der Waals surface area (Å²) in [5.74, 6) is -0.259. The third-order valence-corrected chi connectivity index (χ3v) is 2.99. The molecule has 5 heteroatoms. The van der Waals surface area contributed by atoms with Crippen LogP contribution in [0.15, 0.2) is 22.7 Å². The number of rotatable bonds is 6. The Morgan fingerprint density at radius 2 is 2.31 bits per heavy atom. The van der Waals surface area contributed by atoms with Gasteiger partial charge in [0, 0.05) is 30.7 Å². The Labute approximate surface area is 103 Å². The zero-order chi connectivity index (χ0) is 12.0. The first kappa shape index (κ1) is 13.6. The first-order chi connectivity index (χ1) is 7.69. The van der Waals surface area contributed by atoms with Crippen molar-refractivity contribution in [2.75, 3.05) is 26.8 Å². The largest absolute Gasteiger partial charge is 0.383 e. The summed E-state index contributed by atoms with van der Waals surface area (Å²) in [4.78, 5) is 0. The van der Waals surface area contributed by atoms with Crippen LogP contribution in [0.2, 0.25) is 0 Å². The van der Waals surface area contributed by atoms with Crippen molar-refractivity contribution in [1.82, 2.24) is 5.32 Å². The van der Waals surface area contributed by atoms with Gasteiger partial charge in [-0.05, 0) is 23.8 Å². The fourth-order valence-corrected chi connectivity index (χ4v) is 1.96. The van der Waals surface area contributed by atoms with Crippen LogP contribution in [0.5, 0.6) is 0 Å². The SMILES string of the molecule is COCCNC(CN)c1cc(F)ccc1Br. The van der Waals surface area contributed by atoms with Gasteiger partial charge in [-0.2, -0.15) is 0 Å². The molecule has 1 atom stereocenters. The Morgan fingerprint density at radius 3 is 2.94 bits per heavy atom. The van der Waals surface area contributed by atoms with E-state index in [0.29, 0.717) is 19.7 Å². The lowest BCUT2D eigenvalue weighted by Crippen LogP contribution is -2.31. The molecule has 0 saturated carbocycles. The number of hydrogen-bond donors (Lipinski definition) is 2. The molecular weight excluding hydrogens is 275 g/mol. The van der Waals surface area contributed by atoms with Crippen molar-refractivity contribution in [2.45, 2.75) is 6.04 Å². The van der Waals surface area contributed by atoms with Crippen molar-refractivity contribution in [3.63, 3.8) is 0 Å². The van der Waals surface area contributed by atoms with Gasteiger partial charge >= 0.3 is 0 Å². The molecule has 0 bridgehead atoms. The van der Waals surface area contributed by atoms with E-state index in [0.717, 1.165) is 10.0 Å². The number of hydrogen-bond acceptors (Lipinski definition) is 3. The van der Waals surface area contributed by atoms with Gasteiger partial charge in [0.2, 0.25) is 0 Å². The maximum absolute atomic E-state index is 13.1. The summed E-state index contributed by atoms with van der Waals surface area (Å²) in [6.45, 7) is 1.69. The molecule has 0 spiro atoms. The van der Waals surface area contributed by atoms with Gasteiger partial charge in [0.15, 0.2) is 0 Å². The summed E-state index contributed by atoms with van der Waals surface area (Å²) < 4.78 is 18.9. The smallest absolute Gasteiger partial charge is 0.123 e. The number of methoxy groups -OCH3 is 1. The van der Waals surface area contributed by atoms with Crippen LogP contribution in [-0.4, -0.2) is 26.8 Å². The Balaban J connectivity index is 2.73. The topological polar surface area (TPSA) is 47.3 Å². The van der Waals surface area contributed by atoms with Crippen molar-refractivity contribution in [1.29, 1.82) is 0 Å². The van der Waals surface area contributed by atoms with E-state index >= 15 is 0 Å². The summed E-state index contributed by atoms with van der Waals surface area (Å²) in [5.41, 5.74) is 6.49. The Morgan fingerprint density at radius 1 is 1.56 bits per heavy atom. The number of nitrogens with two attached hydrogens (primary N) is 1. The van der Waals surface area contributed by atoms with E-state index in [1.54, 1.807) is 13.2 Å². The first-order valence-electron chi connectivity index (χ1n) is 5.06. The van der Waals surface area contributed by atoms with E-state index < -0.39 is 0 Å². The molecule has 0 amide bonds. The van der Waals surface area contributed by atoms with Crippen LogP contribution in [-0.2, 0) is 4.74 Å². The third-order valence-electron chi connectivity index (χ3n) is 2.27. The van der Waals surface area contributed by atoms with E-state index in [2.05, 4.69) is 21.2 Å². The molecule has 3 N–H and O–H groups in total. The quantitative estimate of drug-likeness (QED) is 0.786. The van der Waals surface area contributed by atoms with E-state index in [1.165, 1.54) is 12.1 Å². The molecule has 0 heterocycles. The number of benzene rings is 1. The lowest BCUT2D eigenvalue weighted by Gasteiger charge is -2.18. The van der Waals surface area contributed by atoms with Gasteiger partial charge in [-0.3, -0.25) is 0 Å². The lowest BCUT2D eigenvalue weighted by molar-refractivity contribution is 0.196. The second-order valence-corrected chi connectivity index (χ2v) is 4.26. The number of ether oxygens (including phenoxy) is 1. The van der Waals surface area contributed by atoms with Crippen LogP contribution in [0.1, 0.15) is 11.6 Å². The average Bonchev–Trinajstić information content (AvgIpc) is 2.28. The van der Waals surface area contributed by atoms with Crippen LogP contribution in [0.25, 0.3) is 0 Å². The highest BCUT2D eigenvalue weighted by Gasteiger charge is 2.12. The summed E-state index contributed by atoms with van der Waals surface area (Å²) in [6.07, 6.45) is 0. The third kappa shape index (κ3) is 3.83. The maximum Gasteiger partial charge on any atom is 0.123 e. The minimum absolute atomic E-state index is 0.0692. The van der Waals surface area contributed by atoms with Gasteiger partial charge in [0.05, 0.1) is 6.61 Å². The van der Waals surface area contributed by atoms with E-state index in [4.69, 9.17) is 10.5 Å². The maximum atomic E-state index is 13.1. The van der Waals surface area contributed by atoms with Crippen LogP contribution in [0, 0.1) is 5.82 Å². The van der Waals surface area contributed by atoms with Crippen molar-refractivity contribution in [3.05, 3.63) is 34.1 Å². The van der Waals surface area contributed by atoms with Gasteiger partial charge < -0.3 is 15.8 Å². The molecule has 0 fully saturated rings. The Bertz CT molecular complexity index is 336. The van der Waals surface area contributed by atoms with Crippen molar-refractivity contribution < 1.29 is 9.13 Å². The van der Waals surface area contributed by atoms with Crippen LogP contribution >= 0.6 is 15.9 Å². The molecule has 1 aromatic rings. The Hall–Kier alpha value is -0.490. The fourth-order valence-electron chi connectivity index (χ4n) is 1.44. The number of nitrogens with one attached hydrogen (secondary N) is 1. The van der Waals surface area contributed by atoms with Crippen molar-refractivity contribution in [2.24, 2.45) is 5.73 Å². The highest BCUT2D eigenvalue weighted by atomic mass is 79.9. The standard InChI is InChI=1S/C11H16BrFN2O/c1-16-5-4-15-11(7-14)9-6-8(13)2-3-10(9)12/h2-3,6,11,15H,4-5,7,14H2,1H3. The molecule has 0 aromatic heterocycles. The molecule has 0 aliphatic carbocycles. The zero-order valence-corrected chi connectivity index (χ0v) is 10.8. The minimum atomic E-state index is -0.259. The van der Waals surface area contributed by atoms with E-state index in [-0.39, 0.29) is 11.9 Å². The van der Waals surface area contributed by atoms with Crippen LogP contribution < -0.4 is 11.1 Å². The second kappa shape index (κ2) is 6.96. The van der Waals surface area contributed by atoms with Gasteiger partial charge in [-0.1, -0.05) is 15.9 Å². The van der Waals surface area contributed by atoms with Crippen LogP contribution in [0.3, 0.4) is 0 Å². The van der Waals surface area contributed by atoms with Crippen molar-refractivity contribution >= 4 is 15.9 Å². The molecule has 16 heavy (non-hydrogen) atoms. The summed E-state index contributed by atoms with van der Waals surface area (Å²) in [5, 5.41) is 3.21. The minimum Gasteiger partial charge on any atom is -0.383 e. The highest BCUT2D eigenvalue weighted by Crippen LogP contribution is 2.23. The van der Waals surface area contributed by atoms with Gasteiger partial charge in [0.1, 0.15) is 5.82 Å². The second-order valence-electron chi connectivity index (χ2n) is 3.40. The predicted molar refractivity (Wildman–Crippen MR) is 65.8 cm³/mol. The van der Waals surface area contributed by atoms with Crippen molar-refractivity contribution in [3.8, 4) is 0 Å². The molecule has 1 unspecified atom stereocenters. The van der Waals surface area contributed by atoms with Gasteiger partial charge in [-0.15, -0.1) is 0 Å². The molecule has 0 aliphatic heterocycles. The molecule has 1 rings (SSSR count). The predicted octanol–water partition coefficient (Wildman–Crippen LogP) is 1.82. The number of halogens is 2. The summed E-state index contributed by atoms with van der Waals surface area (Å²) in [7, 11) is 1.64. The molecule has 0 radical (unpaired) electrons. The summed E-state index contributed by atoms with van der Waals surface area (Å²) >= 11 is 3.39. The molecule has 0 aliphatic rings. The van der Waals surface area contributed by atoms with Crippen LogP contribution in [0.4, 0.5) is 4.39 Å². The summed E-state index contributed by atoms with van der Waals surface area (Å²) in [6, 6.07) is 4.52. The highest BCUT2D eigenvalue weighted by molar-refractivity contribution is 9.10. The first-order valence-corrected chi connectivity index (χ1v) is 5.85. The Kier molecular flexibility index (Phi) is 5.90.